The second kappa shape index (κ2) is 10.7. The Balaban J connectivity index is 1.15. The third-order valence-electron chi connectivity index (χ3n) is 11.4. The normalized spacial score (nSPS) is 14.2. The zero-order valence-corrected chi connectivity index (χ0v) is 30.0. The molecule has 10 aromatic rings. The van der Waals surface area contributed by atoms with Crippen LogP contribution < -0.4 is 16.2 Å². The standard InChI is InChI=1S/C48H29BNS2/c1-26-24-33-43-32-21-20-27-10-2-3-11-28(27)42(32)31-14-8-15-35(44(31)43)49-48(33)34(25-26)46-37(22-23-41-47(46)30-13-5-7-18-39(30)52-41)50-36-16-9-19-40-45(36)29-12-4-6-17-38(29)51-40/h2-25,43,50H,1H3. The molecular formula is C48H29BNS2. The predicted octanol–water partition coefficient (Wildman–Crippen LogP) is 12.4. The molecule has 3 heterocycles. The first-order chi connectivity index (χ1) is 25.7. The van der Waals surface area contributed by atoms with Crippen molar-refractivity contribution in [1.82, 2.24) is 0 Å². The van der Waals surface area contributed by atoms with Crippen molar-refractivity contribution in [2.75, 3.05) is 5.32 Å². The van der Waals surface area contributed by atoms with Crippen molar-refractivity contribution in [3.8, 4) is 22.3 Å². The van der Waals surface area contributed by atoms with Gasteiger partial charge in [-0.3, -0.25) is 0 Å². The van der Waals surface area contributed by atoms with Gasteiger partial charge in [-0.25, -0.2) is 0 Å². The Labute approximate surface area is 310 Å². The summed E-state index contributed by atoms with van der Waals surface area (Å²) in [4.78, 5) is 0. The number of nitrogens with one attached hydrogen (secondary N) is 1. The highest BCUT2D eigenvalue weighted by Crippen LogP contribution is 2.52. The van der Waals surface area contributed by atoms with Gasteiger partial charge in [-0.15, -0.1) is 22.7 Å². The lowest BCUT2D eigenvalue weighted by Crippen LogP contribution is -2.40. The van der Waals surface area contributed by atoms with Crippen LogP contribution in [0.3, 0.4) is 0 Å². The van der Waals surface area contributed by atoms with E-state index in [0.29, 0.717) is 0 Å². The van der Waals surface area contributed by atoms with E-state index in [2.05, 4.69) is 165 Å². The fourth-order valence-corrected chi connectivity index (χ4v) is 11.6. The van der Waals surface area contributed by atoms with Gasteiger partial charge in [0.05, 0.1) is 0 Å². The van der Waals surface area contributed by atoms with Crippen LogP contribution in [0.5, 0.6) is 0 Å². The molecule has 12 rings (SSSR count). The van der Waals surface area contributed by atoms with Crippen LogP contribution in [0.1, 0.15) is 28.2 Å². The van der Waals surface area contributed by atoms with Crippen LogP contribution in [0.2, 0.25) is 0 Å². The first kappa shape index (κ1) is 29.0. The van der Waals surface area contributed by atoms with Crippen molar-refractivity contribution >= 4 is 103 Å². The topological polar surface area (TPSA) is 12.0 Å². The van der Waals surface area contributed by atoms with Gasteiger partial charge in [-0.1, -0.05) is 126 Å². The average Bonchev–Trinajstić information content (AvgIpc) is 3.86. The summed E-state index contributed by atoms with van der Waals surface area (Å²) in [7, 11) is 2.48. The number of hydrogen-bond acceptors (Lipinski definition) is 3. The van der Waals surface area contributed by atoms with E-state index in [4.69, 9.17) is 0 Å². The van der Waals surface area contributed by atoms with Crippen molar-refractivity contribution in [3.05, 3.63) is 168 Å². The van der Waals surface area contributed by atoms with Crippen LogP contribution in [-0.4, -0.2) is 7.28 Å². The molecule has 0 saturated heterocycles. The molecule has 1 aliphatic carbocycles. The lowest BCUT2D eigenvalue weighted by atomic mass is 9.52. The summed E-state index contributed by atoms with van der Waals surface area (Å²) in [5.41, 5.74) is 15.8. The Kier molecular flexibility index (Phi) is 5.95. The number of fused-ring (bicyclic) bond motifs is 13. The molecule has 0 fully saturated rings. The van der Waals surface area contributed by atoms with Crippen LogP contribution in [0.25, 0.3) is 73.4 Å². The Hall–Kier alpha value is -5.68. The SMILES string of the molecule is Cc1cc(-c2c(Nc3cccc4sc5ccccc5c34)ccc3sc4ccccc4c23)c2c(c1)C1c3ccc4ccccc4c3-c3cccc(c31)[B]2. The van der Waals surface area contributed by atoms with Crippen LogP contribution in [0.15, 0.2) is 146 Å². The highest BCUT2D eigenvalue weighted by Gasteiger charge is 2.38. The zero-order valence-electron chi connectivity index (χ0n) is 28.3. The molecule has 52 heavy (non-hydrogen) atoms. The van der Waals surface area contributed by atoms with Crippen LogP contribution >= 0.6 is 22.7 Å². The van der Waals surface area contributed by atoms with Gasteiger partial charge in [0.25, 0.3) is 0 Å². The van der Waals surface area contributed by atoms with Gasteiger partial charge in [0.1, 0.15) is 0 Å². The first-order valence-corrected chi connectivity index (χ1v) is 19.6. The number of aryl methyl sites for hydroxylation is 1. The number of thiophene rings is 2. The minimum atomic E-state index is 0.185. The summed E-state index contributed by atoms with van der Waals surface area (Å²) in [5.74, 6) is 0.185. The van der Waals surface area contributed by atoms with Crippen molar-refractivity contribution in [3.63, 3.8) is 0 Å². The summed E-state index contributed by atoms with van der Waals surface area (Å²) in [5, 5.41) is 11.9. The molecule has 1 radical (unpaired) electrons. The molecule has 241 valence electrons. The van der Waals surface area contributed by atoms with Crippen molar-refractivity contribution in [1.29, 1.82) is 0 Å². The Bertz CT molecular complexity index is 3170. The fourth-order valence-electron chi connectivity index (χ4n) is 9.37. The van der Waals surface area contributed by atoms with Crippen LogP contribution in [0, 0.1) is 6.92 Å². The van der Waals surface area contributed by atoms with E-state index in [-0.39, 0.29) is 5.92 Å². The summed E-state index contributed by atoms with van der Waals surface area (Å²) in [6.45, 7) is 2.28. The first-order valence-electron chi connectivity index (χ1n) is 18.0. The van der Waals surface area contributed by atoms with E-state index in [0.717, 1.165) is 11.4 Å². The summed E-state index contributed by atoms with van der Waals surface area (Å²) < 4.78 is 5.25. The maximum absolute atomic E-state index is 4.05. The lowest BCUT2D eigenvalue weighted by molar-refractivity contribution is 1.02. The smallest absolute Gasteiger partial charge is 0.193 e. The summed E-state index contributed by atoms with van der Waals surface area (Å²) >= 11 is 3.76. The molecule has 1 aliphatic heterocycles. The van der Waals surface area contributed by atoms with Crippen molar-refractivity contribution in [2.45, 2.75) is 12.8 Å². The van der Waals surface area contributed by atoms with Crippen LogP contribution in [0.4, 0.5) is 11.4 Å². The molecule has 1 N–H and O–H groups in total. The Morgan fingerprint density at radius 2 is 1.23 bits per heavy atom. The molecule has 0 spiro atoms. The number of anilines is 2. The monoisotopic (exact) mass is 694 g/mol. The molecule has 0 bridgehead atoms. The minimum absolute atomic E-state index is 0.185. The zero-order chi connectivity index (χ0) is 34.1. The van der Waals surface area contributed by atoms with E-state index in [1.165, 1.54) is 107 Å². The van der Waals surface area contributed by atoms with Gasteiger partial charge in [0.2, 0.25) is 0 Å². The highest BCUT2D eigenvalue weighted by atomic mass is 32.1. The number of benzene rings is 8. The molecule has 2 aromatic heterocycles. The Morgan fingerprint density at radius 1 is 0.519 bits per heavy atom. The average molecular weight is 695 g/mol. The third kappa shape index (κ3) is 3.94. The van der Waals surface area contributed by atoms with E-state index < -0.39 is 0 Å². The molecular weight excluding hydrogens is 665 g/mol. The third-order valence-corrected chi connectivity index (χ3v) is 13.7. The number of rotatable bonds is 3. The quantitative estimate of drug-likeness (QED) is 0.182. The highest BCUT2D eigenvalue weighted by molar-refractivity contribution is 7.26. The summed E-state index contributed by atoms with van der Waals surface area (Å²) in [6.07, 6.45) is 0. The van der Waals surface area contributed by atoms with Crippen molar-refractivity contribution < 1.29 is 0 Å². The van der Waals surface area contributed by atoms with Gasteiger partial charge in [0.15, 0.2) is 7.28 Å². The van der Waals surface area contributed by atoms with Crippen LogP contribution in [-0.2, 0) is 0 Å². The molecule has 1 atom stereocenters. The van der Waals surface area contributed by atoms with Gasteiger partial charge in [-0.05, 0) is 87.5 Å². The largest absolute Gasteiger partial charge is 0.354 e. The molecule has 1 nitrogen and oxygen atoms in total. The van der Waals surface area contributed by atoms with E-state index in [1.54, 1.807) is 0 Å². The van der Waals surface area contributed by atoms with Gasteiger partial charge in [-0.2, -0.15) is 0 Å². The Morgan fingerprint density at radius 3 is 2.08 bits per heavy atom. The lowest BCUT2D eigenvalue weighted by Gasteiger charge is -2.29. The minimum Gasteiger partial charge on any atom is -0.354 e. The number of hydrogen-bond donors (Lipinski definition) is 1. The molecule has 0 saturated carbocycles. The van der Waals surface area contributed by atoms with E-state index >= 15 is 0 Å². The van der Waals surface area contributed by atoms with Crippen molar-refractivity contribution in [2.24, 2.45) is 0 Å². The predicted molar refractivity (Wildman–Crippen MR) is 227 cm³/mol. The van der Waals surface area contributed by atoms with Gasteiger partial charge >= 0.3 is 0 Å². The van der Waals surface area contributed by atoms with Gasteiger partial charge < -0.3 is 5.32 Å². The second-order valence-corrected chi connectivity index (χ2v) is 16.5. The molecule has 0 amide bonds. The molecule has 4 heteroatoms. The molecule has 2 aliphatic rings. The van der Waals surface area contributed by atoms with E-state index in [1.807, 2.05) is 22.7 Å². The molecule has 8 aromatic carbocycles. The van der Waals surface area contributed by atoms with Gasteiger partial charge in [0, 0.05) is 63.2 Å². The van der Waals surface area contributed by atoms with E-state index in [9.17, 15) is 0 Å². The fraction of sp³-hybridized carbons (Fsp3) is 0.0417. The second-order valence-electron chi connectivity index (χ2n) is 14.3. The summed E-state index contributed by atoms with van der Waals surface area (Å²) in [6, 6.07) is 54.5. The maximum atomic E-state index is 4.05. The molecule has 1 unspecified atom stereocenters. The maximum Gasteiger partial charge on any atom is 0.193 e.